The molecule has 1 aliphatic carbocycles. The van der Waals surface area contributed by atoms with Crippen LogP contribution in [0.4, 0.5) is 16.4 Å². The van der Waals surface area contributed by atoms with Crippen LogP contribution in [0.5, 0.6) is 0 Å². The Morgan fingerprint density at radius 1 is 0.971 bits per heavy atom. The second-order valence-electron chi connectivity index (χ2n) is 10.4. The number of carbonyl (C=O) groups is 2. The Kier molecular flexibility index (Phi) is 7.69. The third kappa shape index (κ3) is 6.85. The predicted molar refractivity (Wildman–Crippen MR) is 135 cm³/mol. The van der Waals surface area contributed by atoms with Crippen LogP contribution < -0.4 is 21.7 Å². The number of nitrogens with zero attached hydrogens (tertiary/aromatic N) is 1. The first-order valence-electron chi connectivity index (χ1n) is 11.9. The minimum absolute atomic E-state index is 0.00939. The molecule has 1 heterocycles. The number of amides is 2. The first-order chi connectivity index (χ1) is 15.9. The van der Waals surface area contributed by atoms with Crippen LogP contribution >= 0.6 is 0 Å². The number of benzene rings is 1. The molecule has 1 saturated carbocycles. The van der Waals surface area contributed by atoms with Gasteiger partial charge in [-0.3, -0.25) is 4.79 Å². The summed E-state index contributed by atoms with van der Waals surface area (Å²) < 4.78 is 5.41. The van der Waals surface area contributed by atoms with E-state index in [0.717, 1.165) is 31.2 Å². The van der Waals surface area contributed by atoms with Gasteiger partial charge in [0.15, 0.2) is 0 Å². The Bertz CT molecular complexity index is 1000. The van der Waals surface area contributed by atoms with E-state index in [0.29, 0.717) is 11.4 Å². The van der Waals surface area contributed by atoms with Gasteiger partial charge in [0.2, 0.25) is 0 Å². The molecule has 8 heteroatoms. The van der Waals surface area contributed by atoms with Crippen molar-refractivity contribution in [3.63, 3.8) is 0 Å². The number of rotatable bonds is 6. The summed E-state index contributed by atoms with van der Waals surface area (Å²) in [5.74, 6) is 0.436. The van der Waals surface area contributed by atoms with Gasteiger partial charge in [0.1, 0.15) is 17.2 Å². The van der Waals surface area contributed by atoms with Crippen LogP contribution in [0.2, 0.25) is 0 Å². The Balaban J connectivity index is 1.66. The van der Waals surface area contributed by atoms with E-state index in [4.69, 9.17) is 10.5 Å². The molecule has 1 fully saturated rings. The summed E-state index contributed by atoms with van der Waals surface area (Å²) in [5.41, 5.74) is 6.37. The minimum atomic E-state index is -0.565. The van der Waals surface area contributed by atoms with Crippen molar-refractivity contribution < 1.29 is 14.3 Å². The number of nitrogens with one attached hydrogen (secondary N) is 3. The molecule has 0 bridgehead atoms. The Morgan fingerprint density at radius 2 is 1.62 bits per heavy atom. The lowest BCUT2D eigenvalue weighted by Crippen LogP contribution is -2.49. The number of hydrogen-bond donors (Lipinski definition) is 4. The Morgan fingerprint density at radius 3 is 2.24 bits per heavy atom. The highest BCUT2D eigenvalue weighted by atomic mass is 16.6. The molecule has 2 amide bonds. The summed E-state index contributed by atoms with van der Waals surface area (Å²) in [7, 11) is 0. The number of nitrogens with two attached hydrogens (primary N) is 1. The van der Waals surface area contributed by atoms with Gasteiger partial charge in [-0.05, 0) is 65.2 Å². The SMILES string of the molecule is CC(C)(C)OC(=O)NC1CCCCC1Nc1ccc(C(=O)NC(C)(C)c2ccccc2)c(N)n1. The number of hydrogen-bond acceptors (Lipinski definition) is 6. The van der Waals surface area contributed by atoms with Crippen molar-refractivity contribution in [2.24, 2.45) is 0 Å². The minimum Gasteiger partial charge on any atom is -0.444 e. The highest BCUT2D eigenvalue weighted by molar-refractivity contribution is 5.99. The van der Waals surface area contributed by atoms with Gasteiger partial charge in [0.05, 0.1) is 17.1 Å². The van der Waals surface area contributed by atoms with Crippen molar-refractivity contribution >= 4 is 23.6 Å². The van der Waals surface area contributed by atoms with Gasteiger partial charge in [-0.15, -0.1) is 0 Å². The van der Waals surface area contributed by atoms with E-state index in [1.165, 1.54) is 0 Å². The summed E-state index contributed by atoms with van der Waals surface area (Å²) in [5, 5.41) is 9.41. The second-order valence-corrected chi connectivity index (χ2v) is 10.4. The molecule has 2 atom stereocenters. The Hall–Kier alpha value is -3.29. The van der Waals surface area contributed by atoms with Crippen molar-refractivity contribution in [1.82, 2.24) is 15.6 Å². The fraction of sp³-hybridized carbons (Fsp3) is 0.500. The lowest BCUT2D eigenvalue weighted by molar-refractivity contribution is 0.0488. The summed E-state index contributed by atoms with van der Waals surface area (Å²) in [6.45, 7) is 9.42. The van der Waals surface area contributed by atoms with Crippen molar-refractivity contribution in [2.75, 3.05) is 11.1 Å². The van der Waals surface area contributed by atoms with Crippen molar-refractivity contribution in [1.29, 1.82) is 0 Å². The monoisotopic (exact) mass is 467 g/mol. The maximum absolute atomic E-state index is 12.9. The number of nitrogen functional groups attached to an aromatic ring is 1. The van der Waals surface area contributed by atoms with Crippen LogP contribution in [-0.2, 0) is 10.3 Å². The lowest BCUT2D eigenvalue weighted by atomic mass is 9.90. The van der Waals surface area contributed by atoms with E-state index in [2.05, 4.69) is 20.9 Å². The highest BCUT2D eigenvalue weighted by Gasteiger charge is 2.29. The predicted octanol–water partition coefficient (Wildman–Crippen LogP) is 4.58. The maximum atomic E-state index is 12.9. The quantitative estimate of drug-likeness (QED) is 0.494. The zero-order valence-corrected chi connectivity index (χ0v) is 20.8. The van der Waals surface area contributed by atoms with Gasteiger partial charge in [-0.25, -0.2) is 9.78 Å². The summed E-state index contributed by atoms with van der Waals surface area (Å²) in [4.78, 5) is 29.6. The first-order valence-corrected chi connectivity index (χ1v) is 11.9. The van der Waals surface area contributed by atoms with Crippen LogP contribution in [0.3, 0.4) is 0 Å². The van der Waals surface area contributed by atoms with Crippen LogP contribution in [-0.4, -0.2) is 34.7 Å². The summed E-state index contributed by atoms with van der Waals surface area (Å²) in [6, 6.07) is 13.1. The van der Waals surface area contributed by atoms with Crippen molar-refractivity contribution in [3.05, 3.63) is 53.6 Å². The molecule has 0 radical (unpaired) electrons. The maximum Gasteiger partial charge on any atom is 0.407 e. The number of carbonyl (C=O) groups excluding carboxylic acids is 2. The van der Waals surface area contributed by atoms with Crippen LogP contribution in [0.15, 0.2) is 42.5 Å². The lowest BCUT2D eigenvalue weighted by Gasteiger charge is -2.33. The average Bonchev–Trinajstić information content (AvgIpc) is 2.74. The van der Waals surface area contributed by atoms with Gasteiger partial charge in [-0.1, -0.05) is 43.2 Å². The average molecular weight is 468 g/mol. The molecule has 2 aromatic rings. The number of alkyl carbamates (subject to hydrolysis) is 1. The van der Waals surface area contributed by atoms with E-state index in [1.807, 2.05) is 65.0 Å². The molecule has 8 nitrogen and oxygen atoms in total. The second kappa shape index (κ2) is 10.3. The van der Waals surface area contributed by atoms with Gasteiger partial charge in [0.25, 0.3) is 5.91 Å². The van der Waals surface area contributed by atoms with Crippen molar-refractivity contribution in [3.8, 4) is 0 Å². The molecule has 34 heavy (non-hydrogen) atoms. The molecule has 1 aliphatic rings. The molecule has 5 N–H and O–H groups in total. The molecule has 1 aromatic heterocycles. The van der Waals surface area contributed by atoms with E-state index in [9.17, 15) is 9.59 Å². The van der Waals surface area contributed by atoms with E-state index in [1.54, 1.807) is 12.1 Å². The first kappa shape index (κ1) is 25.3. The molecule has 1 aromatic carbocycles. The normalized spacial score (nSPS) is 18.6. The van der Waals surface area contributed by atoms with Gasteiger partial charge in [0, 0.05) is 6.04 Å². The number of ether oxygens (including phenoxy) is 1. The molecule has 2 unspecified atom stereocenters. The van der Waals surface area contributed by atoms with E-state index in [-0.39, 0.29) is 23.8 Å². The topological polar surface area (TPSA) is 118 Å². The largest absolute Gasteiger partial charge is 0.444 e. The zero-order valence-electron chi connectivity index (χ0n) is 20.8. The summed E-state index contributed by atoms with van der Waals surface area (Å²) >= 11 is 0. The third-order valence-electron chi connectivity index (χ3n) is 5.89. The number of aromatic nitrogens is 1. The van der Waals surface area contributed by atoms with Gasteiger partial charge >= 0.3 is 6.09 Å². The van der Waals surface area contributed by atoms with Crippen LogP contribution in [0.1, 0.15) is 76.2 Å². The number of anilines is 2. The molecule has 0 saturated heterocycles. The fourth-order valence-electron chi connectivity index (χ4n) is 4.15. The van der Waals surface area contributed by atoms with E-state index < -0.39 is 17.2 Å². The van der Waals surface area contributed by atoms with E-state index >= 15 is 0 Å². The van der Waals surface area contributed by atoms with Crippen LogP contribution in [0.25, 0.3) is 0 Å². The smallest absolute Gasteiger partial charge is 0.407 e. The summed E-state index contributed by atoms with van der Waals surface area (Å²) in [6.07, 6.45) is 3.39. The van der Waals surface area contributed by atoms with Crippen molar-refractivity contribution in [2.45, 2.75) is 83.5 Å². The fourth-order valence-corrected chi connectivity index (χ4v) is 4.15. The number of pyridine rings is 1. The molecule has 0 spiro atoms. The molecular formula is C26H37N5O3. The zero-order chi connectivity index (χ0) is 24.9. The molecular weight excluding hydrogens is 430 g/mol. The van der Waals surface area contributed by atoms with Crippen LogP contribution in [0, 0.1) is 0 Å². The van der Waals surface area contributed by atoms with Gasteiger partial charge < -0.3 is 26.4 Å². The van der Waals surface area contributed by atoms with Gasteiger partial charge in [-0.2, -0.15) is 0 Å². The Labute approximate surface area is 202 Å². The standard InChI is InChI=1S/C26H37N5O3/c1-25(2,3)34-24(33)29-20-14-10-9-13-19(20)28-21-16-15-18(22(27)30-21)23(32)31-26(4,5)17-11-7-6-8-12-17/h6-8,11-12,15-16,19-20H,9-10,13-14H2,1-5H3,(H,29,33)(H,31,32)(H3,27,28,30). The highest BCUT2D eigenvalue weighted by Crippen LogP contribution is 2.25. The molecule has 184 valence electrons. The molecule has 3 rings (SSSR count). The third-order valence-corrected chi connectivity index (χ3v) is 5.89. The molecule has 0 aliphatic heterocycles.